The zero-order valence-electron chi connectivity index (χ0n) is 21.2. The van der Waals surface area contributed by atoms with Crippen LogP contribution in [0.2, 0.25) is 0 Å². The minimum Gasteiger partial charge on any atom is -0.495 e. The number of methoxy groups -OCH3 is 1. The zero-order chi connectivity index (χ0) is 25.7. The van der Waals surface area contributed by atoms with E-state index in [2.05, 4.69) is 11.1 Å². The van der Waals surface area contributed by atoms with Crippen molar-refractivity contribution < 1.29 is 19.1 Å². The molecule has 1 N–H and O–H groups in total. The summed E-state index contributed by atoms with van der Waals surface area (Å²) in [5.41, 5.74) is 3.80. The molecule has 0 bridgehead atoms. The van der Waals surface area contributed by atoms with Crippen LogP contribution in [0.3, 0.4) is 0 Å². The number of aliphatic hydroxyl groups excluding tert-OH is 1. The number of ether oxygens (including phenoxy) is 1. The van der Waals surface area contributed by atoms with Crippen LogP contribution in [0.5, 0.6) is 5.75 Å². The van der Waals surface area contributed by atoms with Gasteiger partial charge in [0.25, 0.3) is 0 Å². The molecular formula is C28H33FN4O3. The van der Waals surface area contributed by atoms with Gasteiger partial charge in [-0.2, -0.15) is 0 Å². The summed E-state index contributed by atoms with van der Waals surface area (Å²) >= 11 is 0. The monoisotopic (exact) mass is 492 g/mol. The SMILES string of the molecule is CC.COc1cc(/C=C2\CCON3C2=NCCC3(CO)c2ccc(F)cc2)ccc1-n1cnc(C)c1. The maximum absolute atomic E-state index is 13.6. The van der Waals surface area contributed by atoms with Crippen LogP contribution < -0.4 is 4.74 Å². The van der Waals surface area contributed by atoms with Crippen molar-refractivity contribution in [3.05, 3.63) is 83.2 Å². The molecule has 1 saturated heterocycles. The van der Waals surface area contributed by atoms with Crippen LogP contribution in [0, 0.1) is 12.7 Å². The maximum atomic E-state index is 13.6. The average molecular weight is 493 g/mol. The highest BCUT2D eigenvalue weighted by Gasteiger charge is 2.45. The number of imidazole rings is 1. The molecule has 0 amide bonds. The van der Waals surface area contributed by atoms with Gasteiger partial charge in [0.05, 0.1) is 38.0 Å². The predicted octanol–water partition coefficient (Wildman–Crippen LogP) is 5.07. The predicted molar refractivity (Wildman–Crippen MR) is 139 cm³/mol. The third kappa shape index (κ3) is 4.79. The lowest BCUT2D eigenvalue weighted by Gasteiger charge is -2.48. The van der Waals surface area contributed by atoms with E-state index in [1.165, 1.54) is 12.1 Å². The van der Waals surface area contributed by atoms with E-state index in [0.29, 0.717) is 31.8 Å². The Morgan fingerprint density at radius 1 is 1.19 bits per heavy atom. The highest BCUT2D eigenvalue weighted by atomic mass is 19.1. The summed E-state index contributed by atoms with van der Waals surface area (Å²) in [7, 11) is 1.65. The van der Waals surface area contributed by atoms with Gasteiger partial charge in [0.2, 0.25) is 0 Å². The molecule has 0 radical (unpaired) electrons. The van der Waals surface area contributed by atoms with Gasteiger partial charge in [-0.3, -0.25) is 9.83 Å². The van der Waals surface area contributed by atoms with Crippen molar-refractivity contribution in [2.45, 2.75) is 39.2 Å². The van der Waals surface area contributed by atoms with Crippen molar-refractivity contribution in [3.63, 3.8) is 0 Å². The molecule has 8 heteroatoms. The van der Waals surface area contributed by atoms with Gasteiger partial charge in [-0.1, -0.05) is 32.0 Å². The number of hydroxylamine groups is 2. The molecule has 0 spiro atoms. The molecule has 1 fully saturated rings. The summed E-state index contributed by atoms with van der Waals surface area (Å²) in [6, 6.07) is 12.3. The van der Waals surface area contributed by atoms with Crippen LogP contribution in [-0.2, 0) is 10.4 Å². The quantitative estimate of drug-likeness (QED) is 0.539. The molecule has 0 aliphatic carbocycles. The van der Waals surface area contributed by atoms with E-state index in [4.69, 9.17) is 14.6 Å². The summed E-state index contributed by atoms with van der Waals surface area (Å²) in [6.07, 6.45) is 7.05. The number of fused-ring (bicyclic) bond motifs is 1. The van der Waals surface area contributed by atoms with Crippen LogP contribution in [0.25, 0.3) is 11.8 Å². The van der Waals surface area contributed by atoms with Crippen LogP contribution >= 0.6 is 0 Å². The van der Waals surface area contributed by atoms with E-state index in [9.17, 15) is 9.50 Å². The summed E-state index contributed by atoms with van der Waals surface area (Å²) in [5, 5.41) is 12.2. The Labute approximate surface area is 211 Å². The lowest BCUT2D eigenvalue weighted by Crippen LogP contribution is -2.56. The molecule has 0 saturated carbocycles. The van der Waals surface area contributed by atoms with Crippen LogP contribution in [0.15, 0.2) is 65.6 Å². The van der Waals surface area contributed by atoms with Crippen molar-refractivity contribution in [1.29, 1.82) is 0 Å². The molecule has 36 heavy (non-hydrogen) atoms. The Morgan fingerprint density at radius 3 is 2.64 bits per heavy atom. The second-order valence-corrected chi connectivity index (χ2v) is 8.55. The average Bonchev–Trinajstić information content (AvgIpc) is 3.36. The molecule has 7 nitrogen and oxygen atoms in total. The van der Waals surface area contributed by atoms with Crippen LogP contribution in [-0.4, -0.2) is 52.4 Å². The van der Waals surface area contributed by atoms with Crippen molar-refractivity contribution in [1.82, 2.24) is 14.6 Å². The molecule has 1 unspecified atom stereocenters. The van der Waals surface area contributed by atoms with Gasteiger partial charge in [-0.25, -0.2) is 14.4 Å². The summed E-state index contributed by atoms with van der Waals surface area (Å²) in [4.78, 5) is 15.1. The second kappa shape index (κ2) is 11.1. The van der Waals surface area contributed by atoms with Crippen molar-refractivity contribution in [2.24, 2.45) is 4.99 Å². The third-order valence-electron chi connectivity index (χ3n) is 6.42. The molecule has 1 atom stereocenters. The van der Waals surface area contributed by atoms with Gasteiger partial charge in [0.1, 0.15) is 17.1 Å². The number of halogens is 1. The molecular weight excluding hydrogens is 459 g/mol. The van der Waals surface area contributed by atoms with E-state index < -0.39 is 5.54 Å². The van der Waals surface area contributed by atoms with E-state index in [0.717, 1.165) is 33.8 Å². The number of rotatable bonds is 5. The molecule has 2 aromatic carbocycles. The number of aliphatic hydroxyl groups is 1. The first-order valence-electron chi connectivity index (χ1n) is 12.3. The fraction of sp³-hybridized carbons (Fsp3) is 0.357. The van der Waals surface area contributed by atoms with Crippen molar-refractivity contribution in [2.75, 3.05) is 26.9 Å². The number of nitrogens with zero attached hydrogens (tertiary/aromatic N) is 4. The molecule has 3 heterocycles. The number of hydrogen-bond donors (Lipinski definition) is 1. The van der Waals surface area contributed by atoms with Gasteiger partial charge in [0, 0.05) is 19.2 Å². The van der Waals surface area contributed by atoms with Gasteiger partial charge in [-0.05, 0) is 60.4 Å². The van der Waals surface area contributed by atoms with E-state index in [-0.39, 0.29) is 12.4 Å². The minimum atomic E-state index is -0.814. The topological polar surface area (TPSA) is 72.1 Å². The Kier molecular flexibility index (Phi) is 7.86. The van der Waals surface area contributed by atoms with Crippen molar-refractivity contribution in [3.8, 4) is 11.4 Å². The second-order valence-electron chi connectivity index (χ2n) is 8.55. The Hall–Kier alpha value is -3.49. The van der Waals surface area contributed by atoms with Gasteiger partial charge in [-0.15, -0.1) is 0 Å². The van der Waals surface area contributed by atoms with Crippen molar-refractivity contribution >= 4 is 11.9 Å². The highest BCUT2D eigenvalue weighted by molar-refractivity contribution is 6.03. The zero-order valence-corrected chi connectivity index (χ0v) is 21.2. The Bertz CT molecular complexity index is 1250. The molecule has 190 valence electrons. The third-order valence-corrected chi connectivity index (χ3v) is 6.42. The fourth-order valence-electron chi connectivity index (χ4n) is 4.64. The Morgan fingerprint density at radius 2 is 1.97 bits per heavy atom. The van der Waals surface area contributed by atoms with Crippen LogP contribution in [0.4, 0.5) is 4.39 Å². The molecule has 3 aromatic rings. The minimum absolute atomic E-state index is 0.169. The first-order chi connectivity index (χ1) is 17.5. The van der Waals surface area contributed by atoms with Gasteiger partial charge in [0.15, 0.2) is 5.84 Å². The Balaban J connectivity index is 0.00000148. The van der Waals surface area contributed by atoms with E-state index >= 15 is 0 Å². The number of benzene rings is 2. The number of aryl methyl sites for hydroxylation is 1. The van der Waals surface area contributed by atoms with Gasteiger partial charge < -0.3 is 14.4 Å². The number of aliphatic imine (C=N–C) groups is 1. The smallest absolute Gasteiger partial charge is 0.152 e. The number of hydrogen-bond acceptors (Lipinski definition) is 6. The highest BCUT2D eigenvalue weighted by Crippen LogP contribution is 2.39. The van der Waals surface area contributed by atoms with E-state index in [1.54, 1.807) is 30.6 Å². The summed E-state index contributed by atoms with van der Waals surface area (Å²) in [5.74, 6) is 1.12. The number of aromatic nitrogens is 2. The summed E-state index contributed by atoms with van der Waals surface area (Å²) in [6.45, 7) is 6.77. The first kappa shape index (κ1) is 25.6. The normalized spacial score (nSPS) is 20.3. The maximum Gasteiger partial charge on any atom is 0.152 e. The summed E-state index contributed by atoms with van der Waals surface area (Å²) < 4.78 is 21.2. The molecule has 2 aliphatic rings. The molecule has 5 rings (SSSR count). The van der Waals surface area contributed by atoms with E-state index in [1.807, 2.05) is 49.7 Å². The standard InChI is InChI=1S/C26H27FN4O3.C2H6/c1-18-15-30(17-29-18)23-8-3-19(14-24(23)33-2)13-20-9-12-34-31-25(20)28-11-10-26(31,16-32)21-4-6-22(27)7-5-21;1-2/h3-8,13-15,17,32H,9-12,16H2,1-2H3;1-2H3/b20-13+;. The number of amidine groups is 1. The molecule has 2 aliphatic heterocycles. The lowest BCUT2D eigenvalue weighted by atomic mass is 9.84. The molecule has 1 aromatic heterocycles. The fourth-order valence-corrected chi connectivity index (χ4v) is 4.64. The van der Waals surface area contributed by atoms with Gasteiger partial charge >= 0.3 is 0 Å². The lowest BCUT2D eigenvalue weighted by molar-refractivity contribution is -0.194. The van der Waals surface area contributed by atoms with Crippen LogP contribution in [0.1, 0.15) is 43.5 Å². The first-order valence-corrected chi connectivity index (χ1v) is 12.3. The largest absolute Gasteiger partial charge is 0.495 e.